The van der Waals surface area contributed by atoms with Gasteiger partial charge in [-0.05, 0) is 27.7 Å². The molecule has 0 aliphatic rings. The van der Waals surface area contributed by atoms with Crippen molar-refractivity contribution in [3.63, 3.8) is 0 Å². The summed E-state index contributed by atoms with van der Waals surface area (Å²) < 4.78 is 0. The number of hydrogen-bond donors (Lipinski definition) is 2. The highest BCUT2D eigenvalue weighted by Gasteiger charge is 2.04. The van der Waals surface area contributed by atoms with Gasteiger partial charge in [0.15, 0.2) is 0 Å². The van der Waals surface area contributed by atoms with Crippen LogP contribution in [0.5, 0.6) is 0 Å². The van der Waals surface area contributed by atoms with E-state index in [-0.39, 0.29) is 0 Å². The van der Waals surface area contributed by atoms with Crippen LogP contribution >= 0.6 is 0 Å². The van der Waals surface area contributed by atoms with Crippen LogP contribution in [0.4, 0.5) is 0 Å². The van der Waals surface area contributed by atoms with Crippen molar-refractivity contribution in [3.8, 4) is 0 Å². The van der Waals surface area contributed by atoms with Crippen molar-refractivity contribution < 1.29 is 19.8 Å². The second kappa shape index (κ2) is 5.79. The summed E-state index contributed by atoms with van der Waals surface area (Å²) in [5, 5.41) is 14.8. The first-order valence-corrected chi connectivity index (χ1v) is 4.50. The molecule has 0 aliphatic heterocycles. The van der Waals surface area contributed by atoms with Gasteiger partial charge in [-0.1, -0.05) is 0 Å². The SMILES string of the molecule is Cc1nc(C)c(C)nc1C.O=C(O)C(=O)O. The molecule has 1 aromatic heterocycles. The summed E-state index contributed by atoms with van der Waals surface area (Å²) in [6, 6.07) is 0. The molecular weight excluding hydrogens is 212 g/mol. The zero-order valence-corrected chi connectivity index (χ0v) is 9.61. The average Bonchev–Trinajstić information content (AvgIpc) is 2.16. The van der Waals surface area contributed by atoms with Gasteiger partial charge in [0.25, 0.3) is 0 Å². The molecular formula is C10H14N2O4. The summed E-state index contributed by atoms with van der Waals surface area (Å²) >= 11 is 0. The van der Waals surface area contributed by atoms with Crippen LogP contribution in [0.1, 0.15) is 22.8 Å². The molecule has 0 saturated heterocycles. The zero-order valence-electron chi connectivity index (χ0n) is 9.61. The van der Waals surface area contributed by atoms with Gasteiger partial charge in [0.2, 0.25) is 0 Å². The van der Waals surface area contributed by atoms with E-state index >= 15 is 0 Å². The van der Waals surface area contributed by atoms with Gasteiger partial charge in [-0.25, -0.2) is 9.59 Å². The lowest BCUT2D eigenvalue weighted by molar-refractivity contribution is -0.159. The van der Waals surface area contributed by atoms with E-state index in [0.717, 1.165) is 22.8 Å². The minimum Gasteiger partial charge on any atom is -0.473 e. The van der Waals surface area contributed by atoms with E-state index in [0.29, 0.717) is 0 Å². The molecule has 0 amide bonds. The number of aryl methyl sites for hydroxylation is 4. The van der Waals surface area contributed by atoms with Crippen LogP contribution in [0.3, 0.4) is 0 Å². The van der Waals surface area contributed by atoms with Gasteiger partial charge in [-0.2, -0.15) is 0 Å². The molecule has 0 saturated carbocycles. The molecule has 1 heterocycles. The van der Waals surface area contributed by atoms with Crippen molar-refractivity contribution in [1.29, 1.82) is 0 Å². The lowest BCUT2D eigenvalue weighted by Crippen LogP contribution is -2.09. The van der Waals surface area contributed by atoms with E-state index in [1.54, 1.807) is 0 Å². The van der Waals surface area contributed by atoms with Crippen molar-refractivity contribution in [1.82, 2.24) is 9.97 Å². The van der Waals surface area contributed by atoms with Crippen LogP contribution < -0.4 is 0 Å². The van der Waals surface area contributed by atoms with Gasteiger partial charge in [0.1, 0.15) is 0 Å². The molecule has 0 bridgehead atoms. The van der Waals surface area contributed by atoms with Crippen LogP contribution in [0.15, 0.2) is 0 Å². The maximum Gasteiger partial charge on any atom is 0.414 e. The highest BCUT2D eigenvalue weighted by atomic mass is 16.4. The fourth-order valence-electron chi connectivity index (χ4n) is 0.827. The molecule has 16 heavy (non-hydrogen) atoms. The third-order valence-electron chi connectivity index (χ3n) is 1.90. The fraction of sp³-hybridized carbons (Fsp3) is 0.400. The summed E-state index contributed by atoms with van der Waals surface area (Å²) in [5.74, 6) is -3.65. The van der Waals surface area contributed by atoms with Crippen LogP contribution in [0.25, 0.3) is 0 Å². The Kier molecular flexibility index (Phi) is 5.08. The Morgan fingerprint density at radius 1 is 0.750 bits per heavy atom. The van der Waals surface area contributed by atoms with Crippen molar-refractivity contribution >= 4 is 11.9 Å². The highest BCUT2D eigenvalue weighted by molar-refractivity contribution is 6.27. The largest absolute Gasteiger partial charge is 0.473 e. The molecule has 1 aromatic rings. The van der Waals surface area contributed by atoms with Gasteiger partial charge in [-0.15, -0.1) is 0 Å². The number of rotatable bonds is 0. The van der Waals surface area contributed by atoms with Gasteiger partial charge >= 0.3 is 11.9 Å². The summed E-state index contributed by atoms with van der Waals surface area (Å²) in [4.78, 5) is 26.8. The van der Waals surface area contributed by atoms with Crippen LogP contribution in [0.2, 0.25) is 0 Å². The number of carboxylic acid groups (broad SMARTS) is 2. The predicted octanol–water partition coefficient (Wildman–Crippen LogP) is 0.866. The quantitative estimate of drug-likeness (QED) is 0.636. The third-order valence-corrected chi connectivity index (χ3v) is 1.90. The summed E-state index contributed by atoms with van der Waals surface area (Å²) in [6.45, 7) is 7.92. The molecule has 2 N–H and O–H groups in total. The minimum absolute atomic E-state index is 1.03. The van der Waals surface area contributed by atoms with E-state index in [2.05, 4.69) is 9.97 Å². The Morgan fingerprint density at radius 3 is 1.06 bits per heavy atom. The molecule has 6 nitrogen and oxygen atoms in total. The smallest absolute Gasteiger partial charge is 0.414 e. The van der Waals surface area contributed by atoms with Gasteiger partial charge in [0, 0.05) is 0 Å². The molecule has 0 spiro atoms. The number of hydrogen-bond acceptors (Lipinski definition) is 4. The second-order valence-electron chi connectivity index (χ2n) is 3.18. The van der Waals surface area contributed by atoms with Crippen LogP contribution in [-0.4, -0.2) is 32.1 Å². The Hall–Kier alpha value is -1.98. The molecule has 0 unspecified atom stereocenters. The van der Waals surface area contributed by atoms with Crippen molar-refractivity contribution in [2.75, 3.05) is 0 Å². The summed E-state index contributed by atoms with van der Waals surface area (Å²) in [5.41, 5.74) is 4.12. The van der Waals surface area contributed by atoms with Crippen molar-refractivity contribution in [3.05, 3.63) is 22.8 Å². The number of nitrogens with zero attached hydrogens (tertiary/aromatic N) is 2. The first-order chi connectivity index (χ1) is 7.25. The standard InChI is InChI=1S/C8H12N2.C2H2O4/c1-5-6(2)10-8(4)7(3)9-5;3-1(4)2(5)6/h1-4H3;(H,3,4)(H,5,6). The first-order valence-electron chi connectivity index (χ1n) is 4.50. The lowest BCUT2D eigenvalue weighted by Gasteiger charge is -2.01. The zero-order chi connectivity index (χ0) is 12.9. The molecule has 0 radical (unpaired) electrons. The van der Waals surface area contributed by atoms with Gasteiger partial charge in [0.05, 0.1) is 22.8 Å². The fourth-order valence-corrected chi connectivity index (χ4v) is 0.827. The Morgan fingerprint density at radius 2 is 0.938 bits per heavy atom. The predicted molar refractivity (Wildman–Crippen MR) is 56.3 cm³/mol. The first kappa shape index (κ1) is 14.0. The number of aliphatic carboxylic acids is 2. The third kappa shape index (κ3) is 4.50. The Balaban J connectivity index is 0.000000325. The molecule has 0 aromatic carbocycles. The monoisotopic (exact) mass is 226 g/mol. The van der Waals surface area contributed by atoms with Crippen LogP contribution in [-0.2, 0) is 9.59 Å². The van der Waals surface area contributed by atoms with Crippen molar-refractivity contribution in [2.24, 2.45) is 0 Å². The normalized spacial score (nSPS) is 9.00. The molecule has 0 fully saturated rings. The maximum atomic E-state index is 9.10. The summed E-state index contributed by atoms with van der Waals surface area (Å²) in [7, 11) is 0. The average molecular weight is 226 g/mol. The molecule has 6 heteroatoms. The second-order valence-corrected chi connectivity index (χ2v) is 3.18. The van der Waals surface area contributed by atoms with E-state index in [1.807, 2.05) is 27.7 Å². The minimum atomic E-state index is -1.82. The van der Waals surface area contributed by atoms with Crippen molar-refractivity contribution in [2.45, 2.75) is 27.7 Å². The van der Waals surface area contributed by atoms with Gasteiger partial charge in [-0.3, -0.25) is 9.97 Å². The van der Waals surface area contributed by atoms with E-state index < -0.39 is 11.9 Å². The number of aromatic nitrogens is 2. The lowest BCUT2D eigenvalue weighted by atomic mass is 10.3. The number of carboxylic acids is 2. The Labute approximate surface area is 93.0 Å². The van der Waals surface area contributed by atoms with Gasteiger partial charge < -0.3 is 10.2 Å². The maximum absolute atomic E-state index is 9.10. The van der Waals surface area contributed by atoms with E-state index in [1.165, 1.54) is 0 Å². The van der Waals surface area contributed by atoms with E-state index in [9.17, 15) is 0 Å². The number of carbonyl (C=O) groups is 2. The molecule has 0 atom stereocenters. The van der Waals surface area contributed by atoms with Crippen LogP contribution in [0, 0.1) is 27.7 Å². The topological polar surface area (TPSA) is 100 Å². The Bertz CT molecular complexity index is 353. The molecule has 0 aliphatic carbocycles. The molecule has 1 rings (SSSR count). The highest BCUT2D eigenvalue weighted by Crippen LogP contribution is 2.04. The summed E-state index contributed by atoms with van der Waals surface area (Å²) in [6.07, 6.45) is 0. The molecule has 88 valence electrons. The van der Waals surface area contributed by atoms with E-state index in [4.69, 9.17) is 19.8 Å².